The minimum atomic E-state index is -3.18. The number of nitro groups is 1. The standard InChI is InChI=1S/C42H44N4O8Si/c1-26-40(55(2,3)53)37(22-39(49)43-24-30-12-5-4-11-29(30)20-33(43)25-47)54-42(26)34-21-32(46(51)52)16-17-36(34)44(41(42)50)23-27-9-8-13-31(19-27)45-35-14-7-6-10-28(35)15-18-38(45)48/h4-14,16-17,19,21,26,33,37,40,47,53H,15,18,20,22-25H2,1-3H3/t26-,33-,37+,40-,42+/m0/s1. The van der Waals surface area contributed by atoms with Crippen LogP contribution in [-0.2, 0) is 50.7 Å². The van der Waals surface area contributed by atoms with Crippen LogP contribution < -0.4 is 9.80 Å². The van der Waals surface area contributed by atoms with Crippen LogP contribution in [0.15, 0.2) is 91.0 Å². The Labute approximate surface area is 320 Å². The average molecular weight is 761 g/mol. The van der Waals surface area contributed by atoms with Gasteiger partial charge >= 0.3 is 0 Å². The van der Waals surface area contributed by atoms with Crippen molar-refractivity contribution in [1.29, 1.82) is 0 Å². The lowest BCUT2D eigenvalue weighted by Gasteiger charge is -2.37. The van der Waals surface area contributed by atoms with Gasteiger partial charge in [-0.25, -0.2) is 0 Å². The lowest BCUT2D eigenvalue weighted by Crippen LogP contribution is -2.48. The van der Waals surface area contributed by atoms with Gasteiger partial charge in [0.05, 0.1) is 48.0 Å². The summed E-state index contributed by atoms with van der Waals surface area (Å²) in [6.07, 6.45) is 0.507. The van der Waals surface area contributed by atoms with Gasteiger partial charge in [0, 0.05) is 47.8 Å². The number of rotatable bonds is 8. The number of aliphatic hydroxyl groups excluding tert-OH is 1. The SMILES string of the molecule is C[C@H]1[C@H]([Si](C)(C)O)[C@@H](CC(=O)N2Cc3ccccc3C[C@H]2CO)O[C@]12C(=O)N(Cc1cccc(N3C(=O)CCc4ccccc43)c1)c1ccc([N+](=O)[O-])cc12. The van der Waals surface area contributed by atoms with Gasteiger partial charge in [-0.05, 0) is 72.5 Å². The number of hydrogen-bond donors (Lipinski definition) is 2. The fourth-order valence-corrected chi connectivity index (χ4v) is 12.1. The third-order valence-corrected chi connectivity index (χ3v) is 14.5. The van der Waals surface area contributed by atoms with Gasteiger partial charge in [-0.1, -0.05) is 61.5 Å². The van der Waals surface area contributed by atoms with E-state index in [0.717, 1.165) is 27.9 Å². The van der Waals surface area contributed by atoms with E-state index in [1.165, 1.54) is 12.1 Å². The summed E-state index contributed by atoms with van der Waals surface area (Å²) in [5.74, 6) is -1.38. The van der Waals surface area contributed by atoms with Crippen molar-refractivity contribution in [2.45, 2.75) is 82.1 Å². The van der Waals surface area contributed by atoms with Crippen molar-refractivity contribution < 1.29 is 33.9 Å². The van der Waals surface area contributed by atoms with Crippen LogP contribution in [0.2, 0.25) is 18.6 Å². The molecule has 0 bridgehead atoms. The molecule has 0 aliphatic carbocycles. The van der Waals surface area contributed by atoms with Crippen LogP contribution in [0.5, 0.6) is 0 Å². The first-order valence-electron chi connectivity index (χ1n) is 18.8. The summed E-state index contributed by atoms with van der Waals surface area (Å²) < 4.78 is 6.87. The minimum absolute atomic E-state index is 0.0284. The number of para-hydroxylation sites is 1. The fraction of sp³-hybridized carbons (Fsp3) is 0.357. The van der Waals surface area contributed by atoms with Gasteiger partial charge in [0.25, 0.3) is 11.6 Å². The van der Waals surface area contributed by atoms with E-state index in [9.17, 15) is 29.6 Å². The first-order chi connectivity index (χ1) is 26.3. The smallest absolute Gasteiger partial charge is 0.269 e. The van der Waals surface area contributed by atoms with Crippen LogP contribution in [-0.4, -0.2) is 64.5 Å². The highest BCUT2D eigenvalue weighted by Crippen LogP contribution is 2.60. The summed E-state index contributed by atoms with van der Waals surface area (Å²) in [6.45, 7) is 5.53. The summed E-state index contributed by atoms with van der Waals surface area (Å²) in [7, 11) is -3.18. The second-order valence-corrected chi connectivity index (χ2v) is 19.7. The summed E-state index contributed by atoms with van der Waals surface area (Å²) >= 11 is 0. The molecule has 0 aromatic heterocycles. The first-order valence-corrected chi connectivity index (χ1v) is 21.8. The maximum absolute atomic E-state index is 15.1. The highest BCUT2D eigenvalue weighted by atomic mass is 28.4. The Morgan fingerprint density at radius 2 is 1.67 bits per heavy atom. The van der Waals surface area contributed by atoms with Crippen molar-refractivity contribution in [2.24, 2.45) is 5.92 Å². The lowest BCUT2D eigenvalue weighted by atomic mass is 9.82. The van der Waals surface area contributed by atoms with Gasteiger partial charge in [0.1, 0.15) is 0 Å². The predicted molar refractivity (Wildman–Crippen MR) is 208 cm³/mol. The molecule has 1 fully saturated rings. The van der Waals surface area contributed by atoms with Crippen molar-refractivity contribution in [3.05, 3.63) is 129 Å². The van der Waals surface area contributed by atoms with Gasteiger partial charge < -0.3 is 24.4 Å². The number of ether oxygens (including phenoxy) is 1. The van der Waals surface area contributed by atoms with E-state index in [1.807, 2.05) is 79.7 Å². The number of benzene rings is 4. The fourth-order valence-electron chi connectivity index (χ4n) is 9.56. The molecule has 0 radical (unpaired) electrons. The Balaban J connectivity index is 1.15. The summed E-state index contributed by atoms with van der Waals surface area (Å²) in [6, 6.07) is 26.9. The van der Waals surface area contributed by atoms with E-state index < -0.39 is 48.4 Å². The molecular weight excluding hydrogens is 717 g/mol. The molecule has 0 saturated carbocycles. The van der Waals surface area contributed by atoms with E-state index in [0.29, 0.717) is 42.7 Å². The predicted octanol–water partition coefficient (Wildman–Crippen LogP) is 5.89. The van der Waals surface area contributed by atoms with E-state index in [-0.39, 0.29) is 37.1 Å². The van der Waals surface area contributed by atoms with E-state index >= 15 is 4.79 Å². The number of aryl methyl sites for hydroxylation is 1. The number of carbonyl (C=O) groups is 3. The number of fused-ring (bicyclic) bond motifs is 4. The number of aliphatic hydroxyl groups is 1. The maximum atomic E-state index is 15.1. The van der Waals surface area contributed by atoms with Gasteiger partial charge in [0.15, 0.2) is 13.9 Å². The highest BCUT2D eigenvalue weighted by molar-refractivity contribution is 6.71. The molecule has 284 valence electrons. The average Bonchev–Trinajstić information content (AvgIpc) is 3.59. The van der Waals surface area contributed by atoms with Gasteiger partial charge in [0.2, 0.25) is 11.8 Å². The lowest BCUT2D eigenvalue weighted by molar-refractivity contribution is -0.385. The Bertz CT molecular complexity index is 2220. The first kappa shape index (κ1) is 36.7. The molecular formula is C42H44N4O8Si. The van der Waals surface area contributed by atoms with Crippen LogP contribution in [0, 0.1) is 16.0 Å². The molecule has 4 aliphatic rings. The quantitative estimate of drug-likeness (QED) is 0.128. The van der Waals surface area contributed by atoms with E-state index in [1.54, 1.807) is 33.9 Å². The van der Waals surface area contributed by atoms with Gasteiger partial charge in [-0.2, -0.15) is 0 Å². The minimum Gasteiger partial charge on any atom is -0.432 e. The Morgan fingerprint density at radius 3 is 2.40 bits per heavy atom. The van der Waals surface area contributed by atoms with Crippen molar-refractivity contribution >= 4 is 48.8 Å². The Hall–Kier alpha value is -5.21. The number of amides is 3. The van der Waals surface area contributed by atoms with Crippen LogP contribution in [0.3, 0.4) is 0 Å². The van der Waals surface area contributed by atoms with Crippen LogP contribution in [0.25, 0.3) is 0 Å². The topological polar surface area (TPSA) is 154 Å². The number of carbonyl (C=O) groups excluding carboxylic acids is 3. The molecule has 4 aromatic carbocycles. The molecule has 8 rings (SSSR count). The largest absolute Gasteiger partial charge is 0.432 e. The van der Waals surface area contributed by atoms with Crippen molar-refractivity contribution in [1.82, 2.24) is 4.90 Å². The number of nitrogens with zero attached hydrogens (tertiary/aromatic N) is 4. The molecule has 5 atom stereocenters. The maximum Gasteiger partial charge on any atom is 0.269 e. The molecule has 3 amide bonds. The zero-order valence-electron chi connectivity index (χ0n) is 31.1. The van der Waals surface area contributed by atoms with E-state index in [4.69, 9.17) is 4.74 Å². The third kappa shape index (κ3) is 6.15. The molecule has 55 heavy (non-hydrogen) atoms. The molecule has 13 heteroatoms. The van der Waals surface area contributed by atoms with Crippen molar-refractivity contribution in [3.8, 4) is 0 Å². The van der Waals surface area contributed by atoms with Gasteiger partial charge in [-0.15, -0.1) is 0 Å². The summed E-state index contributed by atoms with van der Waals surface area (Å²) in [5, 5.41) is 22.4. The second kappa shape index (κ2) is 13.8. The highest BCUT2D eigenvalue weighted by Gasteiger charge is 2.67. The molecule has 1 saturated heterocycles. The molecule has 2 N–H and O–H groups in total. The van der Waals surface area contributed by atoms with Crippen LogP contribution in [0.1, 0.15) is 47.6 Å². The summed E-state index contributed by atoms with van der Waals surface area (Å²) in [5.41, 5.74) is 3.62. The molecule has 12 nitrogen and oxygen atoms in total. The molecule has 0 unspecified atom stereocenters. The van der Waals surface area contributed by atoms with Crippen LogP contribution >= 0.6 is 0 Å². The number of nitro benzene ring substituents is 1. The van der Waals surface area contributed by atoms with Crippen molar-refractivity contribution in [2.75, 3.05) is 16.4 Å². The molecule has 4 heterocycles. The summed E-state index contributed by atoms with van der Waals surface area (Å²) in [4.78, 5) is 70.9. The van der Waals surface area contributed by atoms with Gasteiger partial charge in [-0.3, -0.25) is 29.4 Å². The third-order valence-electron chi connectivity index (χ3n) is 12.0. The zero-order chi connectivity index (χ0) is 38.8. The second-order valence-electron chi connectivity index (χ2n) is 15.8. The Morgan fingerprint density at radius 1 is 0.945 bits per heavy atom. The molecule has 4 aromatic rings. The van der Waals surface area contributed by atoms with E-state index in [2.05, 4.69) is 0 Å². The molecule has 4 aliphatic heterocycles. The van der Waals surface area contributed by atoms with Crippen molar-refractivity contribution in [3.63, 3.8) is 0 Å². The normalized spacial score (nSPS) is 24.6. The number of hydrogen-bond acceptors (Lipinski definition) is 8. The zero-order valence-corrected chi connectivity index (χ0v) is 32.1. The number of non-ortho nitro benzene ring substituents is 1. The van der Waals surface area contributed by atoms with Crippen LogP contribution in [0.4, 0.5) is 22.7 Å². The monoisotopic (exact) mass is 760 g/mol. The molecule has 1 spiro atoms. The number of anilines is 3. The Kier molecular flexibility index (Phi) is 9.23.